The number of nitrogens with two attached hydrogens (primary N) is 1. The predicted octanol–water partition coefficient (Wildman–Crippen LogP) is 3.43. The van der Waals surface area contributed by atoms with Crippen molar-refractivity contribution in [3.8, 4) is 0 Å². The SMILES string of the molecule is CC1CCC(Nc2ccccc2Cl)(C(N)=O)C(C)C1. The Kier molecular flexibility index (Phi) is 4.04. The molecule has 104 valence electrons. The summed E-state index contributed by atoms with van der Waals surface area (Å²) in [4.78, 5) is 12.0. The largest absolute Gasteiger partial charge is 0.370 e. The lowest BCUT2D eigenvalue weighted by molar-refractivity contribution is -0.125. The molecule has 4 heteroatoms. The Morgan fingerprint density at radius 2 is 2.11 bits per heavy atom. The Morgan fingerprint density at radius 3 is 2.68 bits per heavy atom. The summed E-state index contributed by atoms with van der Waals surface area (Å²) in [5.74, 6) is 0.548. The van der Waals surface area contributed by atoms with Gasteiger partial charge in [-0.25, -0.2) is 0 Å². The Balaban J connectivity index is 2.31. The molecule has 3 N–H and O–H groups in total. The van der Waals surface area contributed by atoms with Crippen LogP contribution in [-0.4, -0.2) is 11.4 Å². The van der Waals surface area contributed by atoms with Gasteiger partial charge in [0, 0.05) is 0 Å². The molecule has 0 bridgehead atoms. The van der Waals surface area contributed by atoms with Crippen LogP contribution in [0.4, 0.5) is 5.69 Å². The van der Waals surface area contributed by atoms with Crippen LogP contribution in [0, 0.1) is 11.8 Å². The second-order valence-electron chi connectivity index (χ2n) is 5.72. The molecule has 1 saturated carbocycles. The Bertz CT molecular complexity index is 477. The van der Waals surface area contributed by atoms with E-state index in [1.54, 1.807) is 0 Å². The van der Waals surface area contributed by atoms with Crippen molar-refractivity contribution in [3.05, 3.63) is 29.3 Å². The number of hydrogen-bond donors (Lipinski definition) is 2. The van der Waals surface area contributed by atoms with E-state index in [1.807, 2.05) is 24.3 Å². The predicted molar refractivity (Wildman–Crippen MR) is 79.2 cm³/mol. The standard InChI is InChI=1S/C15H21ClN2O/c1-10-7-8-15(14(17)19,11(2)9-10)18-13-6-4-3-5-12(13)16/h3-6,10-11,18H,7-9H2,1-2H3,(H2,17,19). The highest BCUT2D eigenvalue weighted by molar-refractivity contribution is 6.33. The molecule has 0 radical (unpaired) electrons. The van der Waals surface area contributed by atoms with Crippen molar-refractivity contribution >= 4 is 23.2 Å². The number of para-hydroxylation sites is 1. The summed E-state index contributed by atoms with van der Waals surface area (Å²) in [7, 11) is 0. The first kappa shape index (κ1) is 14.2. The van der Waals surface area contributed by atoms with Gasteiger partial charge >= 0.3 is 0 Å². The molecule has 2 rings (SSSR count). The number of rotatable bonds is 3. The van der Waals surface area contributed by atoms with Gasteiger partial charge in [-0.05, 0) is 43.2 Å². The molecule has 3 unspecified atom stereocenters. The number of anilines is 1. The van der Waals surface area contributed by atoms with Crippen molar-refractivity contribution in [1.82, 2.24) is 0 Å². The van der Waals surface area contributed by atoms with Crippen LogP contribution >= 0.6 is 11.6 Å². The van der Waals surface area contributed by atoms with Gasteiger partial charge in [0.05, 0.1) is 10.7 Å². The fourth-order valence-electron chi connectivity index (χ4n) is 3.06. The molecule has 1 aliphatic carbocycles. The van der Waals surface area contributed by atoms with Crippen LogP contribution in [-0.2, 0) is 4.79 Å². The monoisotopic (exact) mass is 280 g/mol. The van der Waals surface area contributed by atoms with Crippen molar-refractivity contribution in [2.24, 2.45) is 17.6 Å². The minimum atomic E-state index is -0.683. The van der Waals surface area contributed by atoms with Crippen molar-refractivity contribution in [2.45, 2.75) is 38.6 Å². The van der Waals surface area contributed by atoms with Crippen molar-refractivity contribution in [1.29, 1.82) is 0 Å². The maximum Gasteiger partial charge on any atom is 0.243 e. The Hall–Kier alpha value is -1.22. The van der Waals surface area contributed by atoms with E-state index in [0.717, 1.165) is 24.9 Å². The van der Waals surface area contributed by atoms with Crippen LogP contribution in [0.15, 0.2) is 24.3 Å². The molecule has 0 aliphatic heterocycles. The fraction of sp³-hybridized carbons (Fsp3) is 0.533. The van der Waals surface area contributed by atoms with Crippen molar-refractivity contribution in [3.63, 3.8) is 0 Å². The quantitative estimate of drug-likeness (QED) is 0.891. The molecule has 3 atom stereocenters. The van der Waals surface area contributed by atoms with E-state index in [1.165, 1.54) is 0 Å². The zero-order valence-electron chi connectivity index (χ0n) is 11.4. The van der Waals surface area contributed by atoms with Crippen LogP contribution in [0.25, 0.3) is 0 Å². The Labute approximate surface area is 119 Å². The summed E-state index contributed by atoms with van der Waals surface area (Å²) in [5.41, 5.74) is 5.79. The highest BCUT2D eigenvalue weighted by Crippen LogP contribution is 2.40. The number of amides is 1. The van der Waals surface area contributed by atoms with Gasteiger partial charge in [-0.3, -0.25) is 4.79 Å². The summed E-state index contributed by atoms with van der Waals surface area (Å²) in [6, 6.07) is 7.47. The highest BCUT2D eigenvalue weighted by atomic mass is 35.5. The van der Waals surface area contributed by atoms with Gasteiger partial charge in [0.1, 0.15) is 5.54 Å². The van der Waals surface area contributed by atoms with E-state index in [2.05, 4.69) is 19.2 Å². The third-order valence-corrected chi connectivity index (χ3v) is 4.63. The summed E-state index contributed by atoms with van der Waals surface area (Å²) in [5, 5.41) is 3.95. The van der Waals surface area contributed by atoms with E-state index in [9.17, 15) is 4.79 Å². The lowest BCUT2D eigenvalue weighted by atomic mass is 9.69. The molecule has 1 aromatic rings. The second-order valence-corrected chi connectivity index (χ2v) is 6.13. The van der Waals surface area contributed by atoms with Crippen LogP contribution < -0.4 is 11.1 Å². The van der Waals surface area contributed by atoms with Crippen LogP contribution in [0.5, 0.6) is 0 Å². The van der Waals surface area contributed by atoms with Gasteiger partial charge < -0.3 is 11.1 Å². The smallest absolute Gasteiger partial charge is 0.243 e. The first-order valence-corrected chi connectivity index (χ1v) is 7.16. The molecular weight excluding hydrogens is 260 g/mol. The molecule has 3 nitrogen and oxygen atoms in total. The lowest BCUT2D eigenvalue weighted by Crippen LogP contribution is -2.57. The average molecular weight is 281 g/mol. The van der Waals surface area contributed by atoms with Gasteiger partial charge in [0.2, 0.25) is 5.91 Å². The van der Waals surface area contributed by atoms with Gasteiger partial charge in [-0.1, -0.05) is 37.6 Å². The van der Waals surface area contributed by atoms with Gasteiger partial charge in [-0.2, -0.15) is 0 Å². The molecule has 0 aromatic heterocycles. The van der Waals surface area contributed by atoms with Gasteiger partial charge in [0.25, 0.3) is 0 Å². The zero-order valence-corrected chi connectivity index (χ0v) is 12.2. The van der Waals surface area contributed by atoms with E-state index in [-0.39, 0.29) is 11.8 Å². The molecule has 0 saturated heterocycles. The number of benzene rings is 1. The minimum Gasteiger partial charge on any atom is -0.370 e. The molecular formula is C15H21ClN2O. The van der Waals surface area contributed by atoms with E-state index >= 15 is 0 Å². The minimum absolute atomic E-state index is 0.199. The topological polar surface area (TPSA) is 55.1 Å². The molecule has 0 spiro atoms. The number of carbonyl (C=O) groups is 1. The van der Waals surface area contributed by atoms with Gasteiger partial charge in [0.15, 0.2) is 0 Å². The number of halogens is 1. The van der Waals surface area contributed by atoms with E-state index in [4.69, 9.17) is 17.3 Å². The second kappa shape index (κ2) is 5.41. The van der Waals surface area contributed by atoms with E-state index in [0.29, 0.717) is 10.9 Å². The highest BCUT2D eigenvalue weighted by Gasteiger charge is 2.45. The summed E-state index contributed by atoms with van der Waals surface area (Å²) >= 11 is 6.17. The number of primary amides is 1. The molecule has 1 aromatic carbocycles. The number of hydrogen-bond acceptors (Lipinski definition) is 2. The maximum absolute atomic E-state index is 12.0. The number of carbonyl (C=O) groups excluding carboxylic acids is 1. The third-order valence-electron chi connectivity index (χ3n) is 4.30. The Morgan fingerprint density at radius 1 is 1.42 bits per heavy atom. The number of nitrogens with one attached hydrogen (secondary N) is 1. The molecule has 1 aliphatic rings. The molecule has 19 heavy (non-hydrogen) atoms. The zero-order chi connectivity index (χ0) is 14.0. The lowest BCUT2D eigenvalue weighted by Gasteiger charge is -2.43. The van der Waals surface area contributed by atoms with E-state index < -0.39 is 5.54 Å². The van der Waals surface area contributed by atoms with Crippen LogP contribution in [0.1, 0.15) is 33.1 Å². The van der Waals surface area contributed by atoms with Crippen molar-refractivity contribution < 1.29 is 4.79 Å². The average Bonchev–Trinajstić information content (AvgIpc) is 2.35. The first-order valence-electron chi connectivity index (χ1n) is 6.78. The normalized spacial score (nSPS) is 30.9. The van der Waals surface area contributed by atoms with Gasteiger partial charge in [-0.15, -0.1) is 0 Å². The first-order chi connectivity index (χ1) is 8.95. The summed E-state index contributed by atoms with van der Waals surface area (Å²) < 4.78 is 0. The summed E-state index contributed by atoms with van der Waals surface area (Å²) in [6.07, 6.45) is 2.76. The molecule has 1 fully saturated rings. The molecule has 0 heterocycles. The summed E-state index contributed by atoms with van der Waals surface area (Å²) in [6.45, 7) is 4.31. The molecule has 1 amide bonds. The fourth-order valence-corrected chi connectivity index (χ4v) is 3.24. The maximum atomic E-state index is 12.0. The van der Waals surface area contributed by atoms with Crippen molar-refractivity contribution in [2.75, 3.05) is 5.32 Å². The van der Waals surface area contributed by atoms with Crippen LogP contribution in [0.2, 0.25) is 5.02 Å². The van der Waals surface area contributed by atoms with Crippen LogP contribution in [0.3, 0.4) is 0 Å². The third kappa shape index (κ3) is 2.71.